The smallest absolute Gasteiger partial charge is 0.238 e. The van der Waals surface area contributed by atoms with Crippen LogP contribution in [0.2, 0.25) is 0 Å². The molecule has 2 aromatic rings. The lowest BCUT2D eigenvalue weighted by molar-refractivity contribution is -0.121. The average Bonchev–Trinajstić information content (AvgIpc) is 2.71. The molecule has 1 saturated heterocycles. The Morgan fingerprint density at radius 1 is 1.03 bits per heavy atom. The molecule has 1 unspecified atom stereocenters. The van der Waals surface area contributed by atoms with Crippen molar-refractivity contribution in [3.8, 4) is 0 Å². The van der Waals surface area contributed by atoms with Crippen LogP contribution in [0, 0.1) is 11.6 Å². The van der Waals surface area contributed by atoms with Crippen molar-refractivity contribution in [3.63, 3.8) is 0 Å². The fraction of sp³-hybridized carbons (Fsp3) is 0.381. The zero-order chi connectivity index (χ0) is 21.0. The van der Waals surface area contributed by atoms with Gasteiger partial charge in [0.15, 0.2) is 9.84 Å². The second kappa shape index (κ2) is 9.00. The van der Waals surface area contributed by atoms with Gasteiger partial charge in [0.05, 0.1) is 4.90 Å². The third kappa shape index (κ3) is 5.39. The van der Waals surface area contributed by atoms with E-state index in [1.807, 2.05) is 0 Å². The largest absolute Gasteiger partial charge is 0.352 e. The van der Waals surface area contributed by atoms with E-state index in [1.54, 1.807) is 12.1 Å². The minimum Gasteiger partial charge on any atom is -0.352 e. The Balaban J connectivity index is 1.52. The van der Waals surface area contributed by atoms with Gasteiger partial charge in [-0.15, -0.1) is 0 Å². The van der Waals surface area contributed by atoms with Gasteiger partial charge in [0, 0.05) is 25.7 Å². The molecular formula is C21H24F2N2O3S. The summed E-state index contributed by atoms with van der Waals surface area (Å²) in [5.41, 5.74) is 1.02. The first-order chi connectivity index (χ1) is 13.8. The van der Waals surface area contributed by atoms with Crippen LogP contribution >= 0.6 is 0 Å². The second-order valence-corrected chi connectivity index (χ2v) is 9.60. The van der Waals surface area contributed by atoms with E-state index in [9.17, 15) is 22.0 Å². The number of sulfone groups is 1. The highest BCUT2D eigenvalue weighted by atomic mass is 32.2. The zero-order valence-electron chi connectivity index (χ0n) is 16.1. The first-order valence-corrected chi connectivity index (χ1v) is 11.1. The Labute approximate surface area is 169 Å². The first-order valence-electron chi connectivity index (χ1n) is 9.52. The number of carbonyl (C=O) groups excluding carboxylic acids is 1. The number of halogens is 2. The van der Waals surface area contributed by atoms with Crippen LogP contribution in [0.1, 0.15) is 25.3 Å². The Morgan fingerprint density at radius 2 is 1.55 bits per heavy atom. The van der Waals surface area contributed by atoms with Crippen LogP contribution in [0.25, 0.3) is 0 Å². The molecule has 0 bridgehead atoms. The van der Waals surface area contributed by atoms with Crippen LogP contribution in [-0.2, 0) is 21.2 Å². The summed E-state index contributed by atoms with van der Waals surface area (Å²) in [6.07, 6.45) is 1.41. The number of amides is 1. The molecule has 2 aromatic carbocycles. The number of nitrogens with zero attached hydrogens (tertiary/aromatic N) is 1. The van der Waals surface area contributed by atoms with Gasteiger partial charge in [-0.25, -0.2) is 17.2 Å². The van der Waals surface area contributed by atoms with E-state index >= 15 is 0 Å². The quantitative estimate of drug-likeness (QED) is 0.727. The van der Waals surface area contributed by atoms with Gasteiger partial charge >= 0.3 is 0 Å². The molecule has 156 valence electrons. The summed E-state index contributed by atoms with van der Waals surface area (Å²) >= 11 is 0. The van der Waals surface area contributed by atoms with Crippen LogP contribution in [0.4, 0.5) is 8.78 Å². The van der Waals surface area contributed by atoms with Gasteiger partial charge in [-0.2, -0.15) is 0 Å². The van der Waals surface area contributed by atoms with E-state index in [0.717, 1.165) is 30.8 Å². The molecule has 29 heavy (non-hydrogen) atoms. The molecular weight excluding hydrogens is 398 g/mol. The highest BCUT2D eigenvalue weighted by Gasteiger charge is 2.31. The van der Waals surface area contributed by atoms with Gasteiger partial charge in [0.1, 0.15) is 16.9 Å². The lowest BCUT2D eigenvalue weighted by atomic mass is 10.0. The summed E-state index contributed by atoms with van der Waals surface area (Å²) in [4.78, 5) is 14.6. The summed E-state index contributed by atoms with van der Waals surface area (Å²) in [6.45, 7) is 3.55. The third-order valence-corrected chi connectivity index (χ3v) is 7.30. The van der Waals surface area contributed by atoms with Crippen molar-refractivity contribution < 1.29 is 22.0 Å². The van der Waals surface area contributed by atoms with Crippen molar-refractivity contribution in [2.75, 3.05) is 13.1 Å². The second-order valence-electron chi connectivity index (χ2n) is 7.33. The number of likely N-dealkylation sites (tertiary alicyclic amines) is 1. The van der Waals surface area contributed by atoms with Gasteiger partial charge in [-0.3, -0.25) is 9.69 Å². The maximum Gasteiger partial charge on any atom is 0.238 e. The maximum atomic E-state index is 13.0. The van der Waals surface area contributed by atoms with Crippen LogP contribution < -0.4 is 5.32 Å². The summed E-state index contributed by atoms with van der Waals surface area (Å²) in [5.74, 6) is -1.35. The van der Waals surface area contributed by atoms with Crippen molar-refractivity contribution in [2.45, 2.75) is 42.5 Å². The Morgan fingerprint density at radius 3 is 2.10 bits per heavy atom. The number of rotatable bonds is 6. The topological polar surface area (TPSA) is 66.5 Å². The van der Waals surface area contributed by atoms with Crippen molar-refractivity contribution in [3.05, 3.63) is 65.7 Å². The number of nitrogens with one attached hydrogen (secondary N) is 1. The minimum absolute atomic E-state index is 0.0735. The van der Waals surface area contributed by atoms with E-state index in [2.05, 4.69) is 10.2 Å². The SMILES string of the molecule is CC(C(=O)NC1CCN(Cc2ccc(F)cc2)CC1)S(=O)(=O)c1ccc(F)cc1. The van der Waals surface area contributed by atoms with E-state index in [0.29, 0.717) is 19.4 Å². The van der Waals surface area contributed by atoms with Gasteiger partial charge in [-0.05, 0) is 61.7 Å². The Hall–Kier alpha value is -2.32. The molecule has 8 heteroatoms. The minimum atomic E-state index is -3.88. The normalized spacial score (nSPS) is 17.1. The summed E-state index contributed by atoms with van der Waals surface area (Å²) in [5, 5.41) is 1.57. The molecule has 1 amide bonds. The molecule has 1 aliphatic rings. The molecule has 1 N–H and O–H groups in total. The monoisotopic (exact) mass is 422 g/mol. The highest BCUT2D eigenvalue weighted by Crippen LogP contribution is 2.19. The number of benzene rings is 2. The van der Waals surface area contributed by atoms with Crippen molar-refractivity contribution in [1.82, 2.24) is 10.2 Å². The molecule has 3 rings (SSSR count). The zero-order valence-corrected chi connectivity index (χ0v) is 17.0. The molecule has 0 radical (unpaired) electrons. The first kappa shape index (κ1) is 21.4. The molecule has 1 aliphatic heterocycles. The van der Waals surface area contributed by atoms with Crippen molar-refractivity contribution >= 4 is 15.7 Å². The van der Waals surface area contributed by atoms with Crippen LogP contribution in [0.5, 0.6) is 0 Å². The number of hydrogen-bond acceptors (Lipinski definition) is 4. The molecule has 1 fully saturated rings. The number of carbonyl (C=O) groups is 1. The standard InChI is InChI=1S/C21H24F2N2O3S/c1-15(29(27,28)20-8-6-18(23)7-9-20)21(26)24-19-10-12-25(13-11-19)14-16-2-4-17(22)5-3-16/h2-9,15,19H,10-14H2,1H3,(H,24,26). The van der Waals surface area contributed by atoms with E-state index in [-0.39, 0.29) is 16.8 Å². The van der Waals surface area contributed by atoms with Gasteiger partial charge < -0.3 is 5.32 Å². The molecule has 0 aromatic heterocycles. The van der Waals surface area contributed by atoms with E-state index in [1.165, 1.54) is 31.2 Å². The fourth-order valence-electron chi connectivity index (χ4n) is 3.37. The molecule has 0 saturated carbocycles. The third-order valence-electron chi connectivity index (χ3n) is 5.23. The molecule has 0 aliphatic carbocycles. The Bertz CT molecular complexity index is 939. The van der Waals surface area contributed by atoms with E-state index < -0.39 is 26.8 Å². The summed E-state index contributed by atoms with van der Waals surface area (Å²) in [6, 6.07) is 10.7. The number of hydrogen-bond donors (Lipinski definition) is 1. The molecule has 1 atom stereocenters. The van der Waals surface area contributed by atoms with Gasteiger partial charge in [0.2, 0.25) is 5.91 Å². The number of piperidine rings is 1. The lowest BCUT2D eigenvalue weighted by Crippen LogP contribution is -2.48. The highest BCUT2D eigenvalue weighted by molar-refractivity contribution is 7.92. The van der Waals surface area contributed by atoms with Crippen LogP contribution in [0.15, 0.2) is 53.4 Å². The molecule has 0 spiro atoms. The molecule has 1 heterocycles. The Kier molecular flexibility index (Phi) is 6.64. The average molecular weight is 422 g/mol. The fourth-order valence-corrected chi connectivity index (χ4v) is 4.64. The summed E-state index contributed by atoms with van der Waals surface area (Å²) < 4.78 is 51.2. The van der Waals surface area contributed by atoms with E-state index in [4.69, 9.17) is 0 Å². The lowest BCUT2D eigenvalue weighted by Gasteiger charge is -2.32. The predicted octanol–water partition coefficient (Wildman–Crippen LogP) is 2.91. The van der Waals surface area contributed by atoms with Gasteiger partial charge in [0.25, 0.3) is 0 Å². The summed E-state index contributed by atoms with van der Waals surface area (Å²) in [7, 11) is -3.88. The van der Waals surface area contributed by atoms with Crippen LogP contribution in [-0.4, -0.2) is 43.6 Å². The van der Waals surface area contributed by atoms with Gasteiger partial charge in [-0.1, -0.05) is 12.1 Å². The predicted molar refractivity (Wildman–Crippen MR) is 106 cm³/mol. The van der Waals surface area contributed by atoms with Crippen LogP contribution in [0.3, 0.4) is 0 Å². The maximum absolute atomic E-state index is 13.0. The van der Waals surface area contributed by atoms with Crippen molar-refractivity contribution in [2.24, 2.45) is 0 Å². The van der Waals surface area contributed by atoms with Crippen molar-refractivity contribution in [1.29, 1.82) is 0 Å². The molecule has 5 nitrogen and oxygen atoms in total.